The van der Waals surface area contributed by atoms with E-state index < -0.39 is 0 Å². The molecule has 0 radical (unpaired) electrons. The number of hydrogen-bond acceptors (Lipinski definition) is 0. The van der Waals surface area contributed by atoms with Gasteiger partial charge in [-0.3, -0.25) is 0 Å². The fraction of sp³-hybridized carbons (Fsp3) is 0.200. The Morgan fingerprint density at radius 1 is 0.789 bits per heavy atom. The molecule has 0 saturated heterocycles. The van der Waals surface area contributed by atoms with E-state index in [-0.39, 0.29) is 5.38 Å². The van der Waals surface area contributed by atoms with E-state index in [1.807, 2.05) is 32.0 Å². The first-order chi connectivity index (χ1) is 8.90. The smallest absolute Gasteiger partial charge is 0.0850 e. The zero-order valence-electron chi connectivity index (χ0n) is 10.5. The van der Waals surface area contributed by atoms with Crippen LogP contribution in [0.2, 0.25) is 15.1 Å². The normalized spacial score (nSPS) is 12.5. The van der Waals surface area contributed by atoms with Crippen LogP contribution in [0.5, 0.6) is 0 Å². The minimum Gasteiger partial charge on any atom is -0.113 e. The fourth-order valence-corrected chi connectivity index (χ4v) is 2.85. The summed E-state index contributed by atoms with van der Waals surface area (Å²) in [5.74, 6) is 0. The van der Waals surface area contributed by atoms with E-state index in [4.69, 9.17) is 46.4 Å². The second kappa shape index (κ2) is 5.93. The summed E-state index contributed by atoms with van der Waals surface area (Å²) in [5, 5.41) is 1.32. The Hall–Kier alpha value is -0.400. The molecule has 0 N–H and O–H groups in total. The van der Waals surface area contributed by atoms with Gasteiger partial charge in [-0.2, -0.15) is 0 Å². The summed E-state index contributed by atoms with van der Waals surface area (Å²) in [5.41, 5.74) is 4.06. The zero-order valence-corrected chi connectivity index (χ0v) is 13.5. The van der Waals surface area contributed by atoms with Gasteiger partial charge in [0.25, 0.3) is 0 Å². The van der Waals surface area contributed by atoms with Crippen LogP contribution in [0.4, 0.5) is 0 Å². The first-order valence-corrected chi connectivity index (χ1v) is 7.33. The van der Waals surface area contributed by atoms with Gasteiger partial charge in [-0.1, -0.05) is 46.9 Å². The maximum atomic E-state index is 6.50. The van der Waals surface area contributed by atoms with Crippen LogP contribution in [-0.2, 0) is 0 Å². The van der Waals surface area contributed by atoms with Gasteiger partial charge in [0.2, 0.25) is 0 Å². The van der Waals surface area contributed by atoms with Gasteiger partial charge in [0.05, 0.1) is 15.4 Å². The maximum Gasteiger partial charge on any atom is 0.0850 e. The Morgan fingerprint density at radius 2 is 1.42 bits per heavy atom. The minimum absolute atomic E-state index is 0.346. The molecule has 2 aromatic rings. The van der Waals surface area contributed by atoms with Gasteiger partial charge in [0.15, 0.2) is 0 Å². The standard InChI is InChI=1S/C15H12Cl4/c1-8-5-11(13(17)6-9(8)2)15(19)10-3-4-12(16)14(18)7-10/h3-7,15H,1-2H3. The molecular formula is C15H12Cl4. The summed E-state index contributed by atoms with van der Waals surface area (Å²) in [7, 11) is 0. The number of halogens is 4. The van der Waals surface area contributed by atoms with Gasteiger partial charge in [-0.15, -0.1) is 11.6 Å². The van der Waals surface area contributed by atoms with Crippen LogP contribution in [-0.4, -0.2) is 0 Å². The largest absolute Gasteiger partial charge is 0.113 e. The molecule has 2 aromatic carbocycles. The van der Waals surface area contributed by atoms with E-state index >= 15 is 0 Å². The highest BCUT2D eigenvalue weighted by Gasteiger charge is 2.16. The minimum atomic E-state index is -0.346. The van der Waals surface area contributed by atoms with Crippen LogP contribution in [0.3, 0.4) is 0 Å². The van der Waals surface area contributed by atoms with Gasteiger partial charge < -0.3 is 0 Å². The molecule has 0 bridgehead atoms. The van der Waals surface area contributed by atoms with Gasteiger partial charge in [-0.25, -0.2) is 0 Å². The van der Waals surface area contributed by atoms with E-state index in [0.29, 0.717) is 15.1 Å². The van der Waals surface area contributed by atoms with Crippen molar-refractivity contribution >= 4 is 46.4 Å². The molecule has 0 aliphatic carbocycles. The van der Waals surface area contributed by atoms with Crippen molar-refractivity contribution in [2.24, 2.45) is 0 Å². The average Bonchev–Trinajstić information content (AvgIpc) is 2.36. The third kappa shape index (κ3) is 3.20. The summed E-state index contributed by atoms with van der Waals surface area (Å²) >= 11 is 24.7. The SMILES string of the molecule is Cc1cc(Cl)c(C(Cl)c2ccc(Cl)c(Cl)c2)cc1C. The van der Waals surface area contributed by atoms with Gasteiger partial charge in [-0.05, 0) is 54.3 Å². The summed E-state index contributed by atoms with van der Waals surface area (Å²) < 4.78 is 0. The molecule has 0 saturated carbocycles. The van der Waals surface area contributed by atoms with Crippen molar-refractivity contribution < 1.29 is 0 Å². The van der Waals surface area contributed by atoms with Crippen LogP contribution in [0, 0.1) is 13.8 Å². The highest BCUT2D eigenvalue weighted by Crippen LogP contribution is 2.37. The molecule has 1 unspecified atom stereocenters. The number of alkyl halides is 1. The molecule has 0 spiro atoms. The molecule has 1 atom stereocenters. The third-order valence-electron chi connectivity index (χ3n) is 3.12. The molecule has 2 rings (SSSR count). The summed E-state index contributed by atoms with van der Waals surface area (Å²) in [6, 6.07) is 9.31. The van der Waals surface area contributed by atoms with Crippen molar-refractivity contribution in [2.75, 3.05) is 0 Å². The van der Waals surface area contributed by atoms with Gasteiger partial charge in [0.1, 0.15) is 0 Å². The molecule has 19 heavy (non-hydrogen) atoms. The highest BCUT2D eigenvalue weighted by molar-refractivity contribution is 6.42. The highest BCUT2D eigenvalue weighted by atomic mass is 35.5. The lowest BCUT2D eigenvalue weighted by molar-refractivity contribution is 1.12. The Bertz CT molecular complexity index is 620. The first-order valence-electron chi connectivity index (χ1n) is 5.76. The molecule has 4 heteroatoms. The molecule has 0 nitrogen and oxygen atoms in total. The fourth-order valence-electron chi connectivity index (χ4n) is 1.85. The summed E-state index contributed by atoms with van der Waals surface area (Å²) in [6.45, 7) is 4.06. The van der Waals surface area contributed by atoms with Crippen LogP contribution < -0.4 is 0 Å². The van der Waals surface area contributed by atoms with Gasteiger partial charge >= 0.3 is 0 Å². The Balaban J connectivity index is 2.46. The van der Waals surface area contributed by atoms with Gasteiger partial charge in [0, 0.05) is 5.02 Å². The number of rotatable bonds is 2. The van der Waals surface area contributed by atoms with E-state index in [9.17, 15) is 0 Å². The van der Waals surface area contributed by atoms with E-state index in [2.05, 4.69) is 0 Å². The number of benzene rings is 2. The van der Waals surface area contributed by atoms with Crippen molar-refractivity contribution in [3.8, 4) is 0 Å². The molecular weight excluding hydrogens is 322 g/mol. The number of hydrogen-bond donors (Lipinski definition) is 0. The maximum absolute atomic E-state index is 6.50. The van der Waals surface area contributed by atoms with E-state index in [0.717, 1.165) is 22.3 Å². The quantitative estimate of drug-likeness (QED) is 0.543. The number of aryl methyl sites for hydroxylation is 2. The van der Waals surface area contributed by atoms with E-state index in [1.165, 1.54) is 0 Å². The molecule has 0 aliphatic heterocycles. The average molecular weight is 334 g/mol. The topological polar surface area (TPSA) is 0 Å². The van der Waals surface area contributed by atoms with Crippen molar-refractivity contribution in [3.63, 3.8) is 0 Å². The third-order valence-corrected chi connectivity index (χ3v) is 4.68. The predicted molar refractivity (Wildman–Crippen MR) is 85.1 cm³/mol. The Morgan fingerprint density at radius 3 is 2.05 bits per heavy atom. The second-order valence-corrected chi connectivity index (χ2v) is 6.15. The Labute approximate surface area is 133 Å². The Kier molecular flexibility index (Phi) is 4.68. The van der Waals surface area contributed by atoms with Crippen molar-refractivity contribution in [1.82, 2.24) is 0 Å². The zero-order chi connectivity index (χ0) is 14.2. The van der Waals surface area contributed by atoms with Crippen molar-refractivity contribution in [3.05, 3.63) is 67.7 Å². The lowest BCUT2D eigenvalue weighted by Gasteiger charge is -2.15. The molecule has 0 aliphatic rings. The summed E-state index contributed by atoms with van der Waals surface area (Å²) in [4.78, 5) is 0. The molecule has 0 aromatic heterocycles. The predicted octanol–water partition coefficient (Wildman–Crippen LogP) is 6.59. The second-order valence-electron chi connectivity index (χ2n) is 4.49. The molecule has 0 amide bonds. The van der Waals surface area contributed by atoms with Crippen LogP contribution >= 0.6 is 46.4 Å². The van der Waals surface area contributed by atoms with Crippen LogP contribution in [0.1, 0.15) is 27.6 Å². The lowest BCUT2D eigenvalue weighted by Crippen LogP contribution is -1.97. The summed E-state index contributed by atoms with van der Waals surface area (Å²) in [6.07, 6.45) is 0. The van der Waals surface area contributed by atoms with Crippen LogP contribution in [0.15, 0.2) is 30.3 Å². The molecule has 0 heterocycles. The molecule has 100 valence electrons. The van der Waals surface area contributed by atoms with E-state index in [1.54, 1.807) is 12.1 Å². The van der Waals surface area contributed by atoms with Crippen molar-refractivity contribution in [2.45, 2.75) is 19.2 Å². The lowest BCUT2D eigenvalue weighted by atomic mass is 10.00. The molecule has 0 fully saturated rings. The first kappa shape index (κ1) is 15.0. The van der Waals surface area contributed by atoms with Crippen LogP contribution in [0.25, 0.3) is 0 Å². The monoisotopic (exact) mass is 332 g/mol. The van der Waals surface area contributed by atoms with Crippen molar-refractivity contribution in [1.29, 1.82) is 0 Å².